The third-order valence-corrected chi connectivity index (χ3v) is 4.63. The number of hydrogen-bond donors (Lipinski definition) is 0. The highest BCUT2D eigenvalue weighted by Gasteiger charge is 2.29. The molecule has 1 aromatic rings. The molecule has 1 fully saturated rings. The van der Waals surface area contributed by atoms with Crippen molar-refractivity contribution in [1.29, 1.82) is 0 Å². The number of esters is 1. The molecule has 134 valence electrons. The lowest BCUT2D eigenvalue weighted by atomic mass is 9.81. The maximum Gasteiger partial charge on any atom is 0.306 e. The Kier molecular flexibility index (Phi) is 7.61. The predicted molar refractivity (Wildman–Crippen MR) is 97.4 cm³/mol. The monoisotopic (exact) mass is 332 g/mol. The van der Waals surface area contributed by atoms with Crippen LogP contribution in [0, 0.1) is 0 Å². The summed E-state index contributed by atoms with van der Waals surface area (Å²) >= 11 is 0. The smallest absolute Gasteiger partial charge is 0.306 e. The van der Waals surface area contributed by atoms with Crippen LogP contribution in [-0.4, -0.2) is 18.2 Å². The molecule has 0 aliphatic heterocycles. The summed E-state index contributed by atoms with van der Waals surface area (Å²) in [6.07, 6.45) is 8.28. The van der Waals surface area contributed by atoms with Gasteiger partial charge in [0.2, 0.25) is 0 Å². The van der Waals surface area contributed by atoms with E-state index < -0.39 is 0 Å². The molecule has 0 amide bonds. The Bertz CT molecular complexity index is 510. The van der Waals surface area contributed by atoms with Crippen LogP contribution in [-0.2, 0) is 9.53 Å². The highest BCUT2D eigenvalue weighted by atomic mass is 16.5. The summed E-state index contributed by atoms with van der Waals surface area (Å²) in [5.74, 6) is 1.17. The SMILES string of the molecule is CCCCCC(=O)O[C@H]1CCCC[C@@H]1c1cccc(OC(C)C)c1. The minimum Gasteiger partial charge on any atom is -0.491 e. The molecule has 1 aliphatic carbocycles. The van der Waals surface area contributed by atoms with Crippen LogP contribution < -0.4 is 4.74 Å². The Hall–Kier alpha value is -1.51. The van der Waals surface area contributed by atoms with E-state index in [4.69, 9.17) is 9.47 Å². The fourth-order valence-electron chi connectivity index (χ4n) is 3.46. The third kappa shape index (κ3) is 5.85. The van der Waals surface area contributed by atoms with Gasteiger partial charge in [0, 0.05) is 12.3 Å². The Morgan fingerprint density at radius 3 is 2.75 bits per heavy atom. The van der Waals surface area contributed by atoms with Crippen molar-refractivity contribution >= 4 is 5.97 Å². The maximum atomic E-state index is 12.1. The van der Waals surface area contributed by atoms with E-state index in [2.05, 4.69) is 19.1 Å². The Morgan fingerprint density at radius 2 is 2.00 bits per heavy atom. The van der Waals surface area contributed by atoms with Crippen LogP contribution in [0.25, 0.3) is 0 Å². The largest absolute Gasteiger partial charge is 0.491 e. The fourth-order valence-corrected chi connectivity index (χ4v) is 3.46. The first kappa shape index (κ1) is 18.8. The maximum absolute atomic E-state index is 12.1. The molecular formula is C21H32O3. The average molecular weight is 332 g/mol. The van der Waals surface area contributed by atoms with Gasteiger partial charge in [-0.1, -0.05) is 38.3 Å². The molecule has 0 aromatic heterocycles. The number of benzene rings is 1. The molecule has 24 heavy (non-hydrogen) atoms. The van der Waals surface area contributed by atoms with Crippen molar-refractivity contribution in [1.82, 2.24) is 0 Å². The third-order valence-electron chi connectivity index (χ3n) is 4.63. The molecule has 0 radical (unpaired) electrons. The molecule has 0 spiro atoms. The van der Waals surface area contributed by atoms with E-state index in [9.17, 15) is 4.79 Å². The van der Waals surface area contributed by atoms with E-state index in [1.807, 2.05) is 26.0 Å². The first-order valence-corrected chi connectivity index (χ1v) is 9.56. The van der Waals surface area contributed by atoms with Crippen molar-refractivity contribution in [2.24, 2.45) is 0 Å². The fraction of sp³-hybridized carbons (Fsp3) is 0.667. The normalized spacial score (nSPS) is 20.8. The van der Waals surface area contributed by atoms with Crippen LogP contribution in [0.3, 0.4) is 0 Å². The molecule has 1 saturated carbocycles. The first-order chi connectivity index (χ1) is 11.6. The number of ether oxygens (including phenoxy) is 2. The van der Waals surface area contributed by atoms with E-state index in [0.29, 0.717) is 12.3 Å². The Morgan fingerprint density at radius 1 is 1.21 bits per heavy atom. The van der Waals surface area contributed by atoms with E-state index in [1.54, 1.807) is 0 Å². The Labute approximate surface area is 146 Å². The molecule has 0 N–H and O–H groups in total. The number of carbonyl (C=O) groups is 1. The van der Waals surface area contributed by atoms with Crippen LogP contribution in [0.2, 0.25) is 0 Å². The molecule has 0 bridgehead atoms. The molecule has 0 saturated heterocycles. The van der Waals surface area contributed by atoms with Gasteiger partial charge in [0.15, 0.2) is 0 Å². The number of rotatable bonds is 8. The highest BCUT2D eigenvalue weighted by Crippen LogP contribution is 2.36. The van der Waals surface area contributed by atoms with Gasteiger partial charge in [-0.3, -0.25) is 4.79 Å². The van der Waals surface area contributed by atoms with Crippen molar-refractivity contribution in [3.05, 3.63) is 29.8 Å². The van der Waals surface area contributed by atoms with E-state index >= 15 is 0 Å². The van der Waals surface area contributed by atoms with Crippen molar-refractivity contribution in [3.63, 3.8) is 0 Å². The second-order valence-electron chi connectivity index (χ2n) is 7.12. The molecule has 3 nitrogen and oxygen atoms in total. The van der Waals surface area contributed by atoms with E-state index in [-0.39, 0.29) is 18.2 Å². The predicted octanol–water partition coefficient (Wildman–Crippen LogP) is 5.62. The summed E-state index contributed by atoms with van der Waals surface area (Å²) in [6, 6.07) is 8.30. The molecule has 0 unspecified atom stereocenters. The molecular weight excluding hydrogens is 300 g/mol. The lowest BCUT2D eigenvalue weighted by Crippen LogP contribution is -2.28. The van der Waals surface area contributed by atoms with Crippen LogP contribution in [0.15, 0.2) is 24.3 Å². The summed E-state index contributed by atoms with van der Waals surface area (Å²) in [4.78, 5) is 12.1. The highest BCUT2D eigenvalue weighted by molar-refractivity contribution is 5.69. The van der Waals surface area contributed by atoms with Crippen molar-refractivity contribution in [2.45, 2.75) is 90.3 Å². The quantitative estimate of drug-likeness (QED) is 0.457. The zero-order valence-electron chi connectivity index (χ0n) is 15.4. The first-order valence-electron chi connectivity index (χ1n) is 9.56. The van der Waals surface area contributed by atoms with Gasteiger partial charge in [-0.25, -0.2) is 0 Å². The molecule has 3 heteroatoms. The van der Waals surface area contributed by atoms with Gasteiger partial charge in [0.1, 0.15) is 11.9 Å². The second-order valence-corrected chi connectivity index (χ2v) is 7.12. The Balaban J connectivity index is 2.02. The molecule has 1 aliphatic rings. The molecule has 1 aromatic carbocycles. The minimum absolute atomic E-state index is 0.0159. The van der Waals surface area contributed by atoms with Crippen LogP contribution in [0.1, 0.15) is 83.6 Å². The van der Waals surface area contributed by atoms with Gasteiger partial charge < -0.3 is 9.47 Å². The van der Waals surface area contributed by atoms with Crippen molar-refractivity contribution in [3.8, 4) is 5.75 Å². The summed E-state index contributed by atoms with van der Waals surface area (Å²) in [5.41, 5.74) is 1.24. The summed E-state index contributed by atoms with van der Waals surface area (Å²) in [5, 5.41) is 0. The lowest BCUT2D eigenvalue weighted by molar-refractivity contribution is -0.151. The van der Waals surface area contributed by atoms with Crippen LogP contribution in [0.5, 0.6) is 5.75 Å². The van der Waals surface area contributed by atoms with Gasteiger partial charge >= 0.3 is 5.97 Å². The second kappa shape index (κ2) is 9.71. The van der Waals surface area contributed by atoms with Crippen LogP contribution in [0.4, 0.5) is 0 Å². The lowest BCUT2D eigenvalue weighted by Gasteiger charge is -2.31. The zero-order valence-corrected chi connectivity index (χ0v) is 15.4. The number of unbranched alkanes of at least 4 members (excludes halogenated alkanes) is 2. The number of carbonyl (C=O) groups excluding carboxylic acids is 1. The van der Waals surface area contributed by atoms with Gasteiger partial charge in [-0.05, 0) is 57.2 Å². The van der Waals surface area contributed by atoms with Crippen molar-refractivity contribution < 1.29 is 14.3 Å². The standard InChI is InChI=1S/C21H32O3/c1-4-5-6-14-21(22)24-20-13-8-7-12-19(20)17-10-9-11-18(15-17)23-16(2)3/h9-11,15-16,19-20H,4-8,12-14H2,1-3H3/t19-,20+/m1/s1. The topological polar surface area (TPSA) is 35.5 Å². The summed E-state index contributed by atoms with van der Waals surface area (Å²) in [7, 11) is 0. The molecule has 2 atom stereocenters. The zero-order chi connectivity index (χ0) is 17.4. The summed E-state index contributed by atoms with van der Waals surface area (Å²) < 4.78 is 11.7. The van der Waals surface area contributed by atoms with Crippen molar-refractivity contribution in [2.75, 3.05) is 0 Å². The van der Waals surface area contributed by atoms with E-state index in [0.717, 1.165) is 44.3 Å². The average Bonchev–Trinajstić information content (AvgIpc) is 2.55. The van der Waals surface area contributed by atoms with Gasteiger partial charge in [0.25, 0.3) is 0 Å². The molecule has 0 heterocycles. The summed E-state index contributed by atoms with van der Waals surface area (Å²) in [6.45, 7) is 6.22. The van der Waals surface area contributed by atoms with Gasteiger partial charge in [-0.15, -0.1) is 0 Å². The van der Waals surface area contributed by atoms with E-state index in [1.165, 1.54) is 12.0 Å². The van der Waals surface area contributed by atoms with Crippen LogP contribution >= 0.6 is 0 Å². The number of hydrogen-bond acceptors (Lipinski definition) is 3. The van der Waals surface area contributed by atoms with Gasteiger partial charge in [0.05, 0.1) is 6.10 Å². The minimum atomic E-state index is -0.0325. The molecule has 2 rings (SSSR count). The van der Waals surface area contributed by atoms with Gasteiger partial charge in [-0.2, -0.15) is 0 Å².